The molecule has 3 nitrogen and oxygen atoms in total. The fourth-order valence-electron chi connectivity index (χ4n) is 1.37. The van der Waals surface area contributed by atoms with Gasteiger partial charge >= 0.3 is 0 Å². The number of fused-ring (bicyclic) bond motifs is 1. The highest BCUT2D eigenvalue weighted by Crippen LogP contribution is 2.23. The molecular weight excluding hydrogens is 182 g/mol. The number of nitrogens with zero attached hydrogens (tertiary/aromatic N) is 2. The van der Waals surface area contributed by atoms with Crippen LogP contribution < -0.4 is 0 Å². The van der Waals surface area contributed by atoms with Crippen LogP contribution in [0.1, 0.15) is 0 Å². The van der Waals surface area contributed by atoms with Crippen LogP contribution in [0.25, 0.3) is 16.2 Å². The van der Waals surface area contributed by atoms with Crippen molar-refractivity contribution in [2.45, 2.75) is 0 Å². The van der Waals surface area contributed by atoms with Gasteiger partial charge in [-0.3, -0.25) is 5.10 Å². The maximum absolute atomic E-state index is 4.19. The predicted molar refractivity (Wildman–Crippen MR) is 52.9 cm³/mol. The van der Waals surface area contributed by atoms with Gasteiger partial charge in [-0.1, -0.05) is 6.07 Å². The van der Waals surface area contributed by atoms with Gasteiger partial charge in [-0.2, -0.15) is 0 Å². The van der Waals surface area contributed by atoms with Crippen molar-refractivity contribution in [1.82, 2.24) is 14.6 Å². The zero-order valence-electron chi connectivity index (χ0n) is 6.77. The van der Waals surface area contributed by atoms with E-state index in [9.17, 15) is 0 Å². The lowest BCUT2D eigenvalue weighted by molar-refractivity contribution is 0.980. The molecule has 0 fully saturated rings. The zero-order chi connectivity index (χ0) is 8.67. The molecule has 0 aliphatic carbocycles. The van der Waals surface area contributed by atoms with Gasteiger partial charge in [0, 0.05) is 18.5 Å². The van der Waals surface area contributed by atoms with Crippen molar-refractivity contribution >= 4 is 17.0 Å². The average molecular weight is 189 g/mol. The van der Waals surface area contributed by atoms with Crippen LogP contribution in [0, 0.1) is 0 Å². The van der Waals surface area contributed by atoms with E-state index in [1.807, 2.05) is 22.8 Å². The van der Waals surface area contributed by atoms with Gasteiger partial charge in [0.05, 0.1) is 10.6 Å². The van der Waals surface area contributed by atoms with Crippen molar-refractivity contribution in [3.63, 3.8) is 0 Å². The van der Waals surface area contributed by atoms with Crippen molar-refractivity contribution in [2.75, 3.05) is 0 Å². The summed E-state index contributed by atoms with van der Waals surface area (Å²) in [6.45, 7) is 0. The third-order valence-corrected chi connectivity index (χ3v) is 2.87. The van der Waals surface area contributed by atoms with E-state index in [0.29, 0.717) is 0 Å². The summed E-state index contributed by atoms with van der Waals surface area (Å²) in [4.78, 5) is 5.43. The quantitative estimate of drug-likeness (QED) is 0.626. The Kier molecular flexibility index (Phi) is 1.31. The lowest BCUT2D eigenvalue weighted by Crippen LogP contribution is -1.79. The normalized spacial score (nSPS) is 11.1. The molecule has 0 atom stereocenters. The SMILES string of the molecule is c1csc(-c2cc3nccn3[nH]2)c1. The Morgan fingerprint density at radius 1 is 1.46 bits per heavy atom. The molecule has 0 bridgehead atoms. The summed E-state index contributed by atoms with van der Waals surface area (Å²) >= 11 is 1.72. The van der Waals surface area contributed by atoms with Crippen molar-refractivity contribution in [2.24, 2.45) is 0 Å². The predicted octanol–water partition coefficient (Wildman–Crippen LogP) is 2.39. The number of rotatable bonds is 1. The molecular formula is C9H7N3S. The molecule has 3 rings (SSSR count). The first-order valence-electron chi connectivity index (χ1n) is 3.99. The number of hydrogen-bond acceptors (Lipinski definition) is 2. The molecule has 13 heavy (non-hydrogen) atoms. The highest BCUT2D eigenvalue weighted by Gasteiger charge is 2.03. The minimum atomic E-state index is 0.961. The number of aromatic nitrogens is 3. The number of H-pyrrole nitrogens is 1. The number of nitrogens with one attached hydrogen (secondary N) is 1. The Morgan fingerprint density at radius 3 is 3.23 bits per heavy atom. The van der Waals surface area contributed by atoms with E-state index >= 15 is 0 Å². The van der Waals surface area contributed by atoms with E-state index in [4.69, 9.17) is 0 Å². The van der Waals surface area contributed by atoms with Crippen LogP contribution in [-0.2, 0) is 0 Å². The number of hydrogen-bond donors (Lipinski definition) is 1. The van der Waals surface area contributed by atoms with E-state index in [-0.39, 0.29) is 0 Å². The largest absolute Gasteiger partial charge is 0.291 e. The monoisotopic (exact) mass is 189 g/mol. The summed E-state index contributed by atoms with van der Waals surface area (Å²) in [5.74, 6) is 0. The molecule has 0 amide bonds. The van der Waals surface area contributed by atoms with E-state index < -0.39 is 0 Å². The maximum Gasteiger partial charge on any atom is 0.153 e. The van der Waals surface area contributed by atoms with Crippen molar-refractivity contribution in [1.29, 1.82) is 0 Å². The maximum atomic E-state index is 4.19. The Morgan fingerprint density at radius 2 is 2.46 bits per heavy atom. The average Bonchev–Trinajstić information content (AvgIpc) is 2.78. The molecule has 1 N–H and O–H groups in total. The molecule has 0 saturated heterocycles. The second kappa shape index (κ2) is 2.47. The minimum Gasteiger partial charge on any atom is -0.291 e. The molecule has 0 saturated carbocycles. The van der Waals surface area contributed by atoms with E-state index in [0.717, 1.165) is 11.3 Å². The van der Waals surface area contributed by atoms with Crippen LogP contribution in [-0.4, -0.2) is 14.6 Å². The van der Waals surface area contributed by atoms with Crippen LogP contribution in [0.5, 0.6) is 0 Å². The third-order valence-electron chi connectivity index (χ3n) is 1.97. The Hall–Kier alpha value is -1.55. The second-order valence-electron chi connectivity index (χ2n) is 2.80. The number of thiophene rings is 1. The molecule has 0 radical (unpaired) electrons. The van der Waals surface area contributed by atoms with Gasteiger partial charge < -0.3 is 0 Å². The highest BCUT2D eigenvalue weighted by atomic mass is 32.1. The molecule has 0 spiro atoms. The van der Waals surface area contributed by atoms with Gasteiger partial charge in [0.15, 0.2) is 5.65 Å². The van der Waals surface area contributed by atoms with Crippen LogP contribution in [0.3, 0.4) is 0 Å². The van der Waals surface area contributed by atoms with E-state index in [1.54, 1.807) is 17.5 Å². The minimum absolute atomic E-state index is 0.961. The summed E-state index contributed by atoms with van der Waals surface area (Å²) in [5.41, 5.74) is 2.08. The van der Waals surface area contributed by atoms with Crippen molar-refractivity contribution < 1.29 is 0 Å². The van der Waals surface area contributed by atoms with Gasteiger partial charge in [-0.15, -0.1) is 11.3 Å². The summed E-state index contributed by atoms with van der Waals surface area (Å²) in [7, 11) is 0. The molecule has 3 aromatic rings. The fourth-order valence-corrected chi connectivity index (χ4v) is 2.06. The van der Waals surface area contributed by atoms with Crippen molar-refractivity contribution in [3.8, 4) is 10.6 Å². The van der Waals surface area contributed by atoms with Gasteiger partial charge in [-0.05, 0) is 11.4 Å². The van der Waals surface area contributed by atoms with Gasteiger partial charge in [0.25, 0.3) is 0 Å². The smallest absolute Gasteiger partial charge is 0.153 e. The standard InChI is InChI=1S/C9H7N3S/c1-2-8(13-5-1)7-6-9-10-3-4-12(9)11-7/h1-6,11H. The molecule has 0 unspecified atom stereocenters. The van der Waals surface area contributed by atoms with Gasteiger partial charge in [0.1, 0.15) is 0 Å². The summed E-state index contributed by atoms with van der Waals surface area (Å²) in [6.07, 6.45) is 3.69. The van der Waals surface area contributed by atoms with E-state index in [2.05, 4.69) is 21.5 Å². The third kappa shape index (κ3) is 0.990. The van der Waals surface area contributed by atoms with Crippen LogP contribution in [0.4, 0.5) is 0 Å². The van der Waals surface area contributed by atoms with Gasteiger partial charge in [-0.25, -0.2) is 9.50 Å². The first kappa shape index (κ1) is 6.91. The fraction of sp³-hybridized carbons (Fsp3) is 0. The molecule has 4 heteroatoms. The summed E-state index contributed by atoms with van der Waals surface area (Å²) < 4.78 is 1.91. The summed E-state index contributed by atoms with van der Waals surface area (Å²) in [6, 6.07) is 6.19. The second-order valence-corrected chi connectivity index (χ2v) is 3.75. The van der Waals surface area contributed by atoms with Gasteiger partial charge in [0.2, 0.25) is 0 Å². The zero-order valence-corrected chi connectivity index (χ0v) is 7.58. The van der Waals surface area contributed by atoms with Crippen LogP contribution in [0.15, 0.2) is 36.0 Å². The molecule has 0 aromatic carbocycles. The number of aromatic amines is 1. The first-order valence-corrected chi connectivity index (χ1v) is 4.87. The first-order chi connectivity index (χ1) is 6.43. The molecule has 0 aliphatic heterocycles. The molecule has 3 heterocycles. The van der Waals surface area contributed by atoms with E-state index in [1.165, 1.54) is 4.88 Å². The van der Waals surface area contributed by atoms with Crippen LogP contribution in [0.2, 0.25) is 0 Å². The summed E-state index contributed by atoms with van der Waals surface area (Å²) in [5, 5.41) is 5.31. The molecule has 64 valence electrons. The van der Waals surface area contributed by atoms with Crippen molar-refractivity contribution in [3.05, 3.63) is 36.0 Å². The lowest BCUT2D eigenvalue weighted by Gasteiger charge is -1.88. The highest BCUT2D eigenvalue weighted by molar-refractivity contribution is 7.13. The van der Waals surface area contributed by atoms with Crippen LogP contribution >= 0.6 is 11.3 Å². The Labute approximate surface area is 78.6 Å². The molecule has 0 aliphatic rings. The topological polar surface area (TPSA) is 33.1 Å². The lowest BCUT2D eigenvalue weighted by atomic mass is 10.3. The Balaban J connectivity index is 2.23. The Bertz CT molecular complexity index is 489. The number of imidazole rings is 1. The molecule has 3 aromatic heterocycles.